The number of pyridine rings is 1. The van der Waals surface area contributed by atoms with Crippen LogP contribution < -0.4 is 5.32 Å². The third-order valence-electron chi connectivity index (χ3n) is 5.12. The van der Waals surface area contributed by atoms with Gasteiger partial charge in [-0.3, -0.25) is 0 Å². The summed E-state index contributed by atoms with van der Waals surface area (Å²) in [5.74, 6) is 0.680. The highest BCUT2D eigenvalue weighted by Crippen LogP contribution is 2.34. The summed E-state index contributed by atoms with van der Waals surface area (Å²) in [6.07, 6.45) is 6.37. The van der Waals surface area contributed by atoms with Gasteiger partial charge >= 0.3 is 0 Å². The molecule has 3 N–H and O–H groups in total. The molecule has 25 heavy (non-hydrogen) atoms. The molecule has 0 bridgehead atoms. The van der Waals surface area contributed by atoms with E-state index in [2.05, 4.69) is 15.3 Å². The van der Waals surface area contributed by atoms with Crippen LogP contribution in [0.5, 0.6) is 0 Å². The van der Waals surface area contributed by atoms with Gasteiger partial charge in [0.2, 0.25) is 0 Å². The highest BCUT2D eigenvalue weighted by molar-refractivity contribution is 6.30. The van der Waals surface area contributed by atoms with Crippen LogP contribution in [0.4, 0.5) is 5.82 Å². The lowest BCUT2D eigenvalue weighted by molar-refractivity contribution is -0.0484. The van der Waals surface area contributed by atoms with Crippen LogP contribution >= 0.6 is 11.6 Å². The first kappa shape index (κ1) is 17.0. The monoisotopic (exact) mass is 366 g/mol. The van der Waals surface area contributed by atoms with Crippen molar-refractivity contribution in [3.63, 3.8) is 0 Å². The number of nitrogens with one attached hydrogen (secondary N) is 1. The Morgan fingerprint density at radius 1 is 1.32 bits per heavy atom. The first-order chi connectivity index (χ1) is 12.2. The van der Waals surface area contributed by atoms with Crippen molar-refractivity contribution in [3.05, 3.63) is 17.5 Å². The summed E-state index contributed by atoms with van der Waals surface area (Å²) in [4.78, 5) is 8.90. The third-order valence-corrected chi connectivity index (χ3v) is 5.31. The lowest BCUT2D eigenvalue weighted by Crippen LogP contribution is -2.23. The van der Waals surface area contributed by atoms with Crippen molar-refractivity contribution in [2.75, 3.05) is 11.9 Å². The molecular formula is C17H23ClN4O3. The molecule has 136 valence electrons. The highest BCUT2D eigenvalue weighted by Gasteiger charge is 2.35. The van der Waals surface area contributed by atoms with E-state index < -0.39 is 12.3 Å². The topological polar surface area (TPSA) is 92.4 Å². The van der Waals surface area contributed by atoms with Crippen LogP contribution in [0.15, 0.2) is 12.4 Å². The first-order valence-electron chi connectivity index (χ1n) is 8.89. The van der Waals surface area contributed by atoms with Crippen LogP contribution in [-0.4, -0.2) is 49.6 Å². The third kappa shape index (κ3) is 3.33. The summed E-state index contributed by atoms with van der Waals surface area (Å²) in [5, 5.41) is 23.4. The van der Waals surface area contributed by atoms with Gasteiger partial charge in [0.05, 0.1) is 24.6 Å². The second-order valence-corrected chi connectivity index (χ2v) is 7.31. The number of nitrogens with zero attached hydrogens (tertiary/aromatic N) is 3. The summed E-state index contributed by atoms with van der Waals surface area (Å²) < 4.78 is 7.52. The minimum Gasteiger partial charge on any atom is -0.394 e. The minimum atomic E-state index is -0.698. The van der Waals surface area contributed by atoms with E-state index in [0.717, 1.165) is 23.9 Å². The van der Waals surface area contributed by atoms with Crippen molar-refractivity contribution in [2.45, 2.75) is 63.0 Å². The van der Waals surface area contributed by atoms with Crippen LogP contribution in [0.25, 0.3) is 11.0 Å². The van der Waals surface area contributed by atoms with E-state index in [1.54, 1.807) is 17.0 Å². The molecule has 3 heterocycles. The van der Waals surface area contributed by atoms with Gasteiger partial charge in [-0.2, -0.15) is 0 Å². The molecule has 1 aliphatic heterocycles. The maximum atomic E-state index is 10.3. The fourth-order valence-corrected chi connectivity index (χ4v) is 4.03. The number of aromatic nitrogens is 3. The average molecular weight is 367 g/mol. The number of anilines is 1. The van der Waals surface area contributed by atoms with E-state index >= 15 is 0 Å². The van der Waals surface area contributed by atoms with E-state index in [0.29, 0.717) is 23.4 Å². The van der Waals surface area contributed by atoms with Gasteiger partial charge in [0.15, 0.2) is 12.0 Å². The molecule has 8 heteroatoms. The zero-order valence-electron chi connectivity index (χ0n) is 13.9. The van der Waals surface area contributed by atoms with Crippen molar-refractivity contribution < 1.29 is 14.9 Å². The van der Waals surface area contributed by atoms with Crippen molar-refractivity contribution in [3.8, 4) is 0 Å². The standard InChI is InChI=1S/C17H23ClN4O3/c18-14-7-12-15(16(21-14)20-10-4-2-1-3-5-10)19-9-22(12)17-13(24)6-11(8-23)25-17/h7,9-11,13,17,23-24H,1-6,8H2,(H,20,21). The summed E-state index contributed by atoms with van der Waals surface area (Å²) in [6.45, 7) is -0.114. The molecule has 7 nitrogen and oxygen atoms in total. The summed E-state index contributed by atoms with van der Waals surface area (Å²) in [6, 6.07) is 2.12. The van der Waals surface area contributed by atoms with E-state index in [-0.39, 0.29) is 12.7 Å². The molecule has 3 atom stereocenters. The zero-order chi connectivity index (χ0) is 17.4. The van der Waals surface area contributed by atoms with Gasteiger partial charge < -0.3 is 24.8 Å². The number of rotatable bonds is 4. The molecule has 0 radical (unpaired) electrons. The number of aliphatic hydroxyl groups is 2. The minimum absolute atomic E-state index is 0.114. The van der Waals surface area contributed by atoms with Gasteiger partial charge in [-0.25, -0.2) is 9.97 Å². The summed E-state index contributed by atoms with van der Waals surface area (Å²) >= 11 is 6.23. The van der Waals surface area contributed by atoms with E-state index in [1.807, 2.05) is 0 Å². The zero-order valence-corrected chi connectivity index (χ0v) is 14.7. The van der Waals surface area contributed by atoms with E-state index in [1.165, 1.54) is 19.3 Å². The maximum Gasteiger partial charge on any atom is 0.161 e. The Balaban J connectivity index is 1.66. The van der Waals surface area contributed by atoms with Crippen molar-refractivity contribution in [1.29, 1.82) is 0 Å². The molecule has 4 rings (SSSR count). The lowest BCUT2D eigenvalue weighted by Gasteiger charge is -2.23. The number of halogens is 1. The summed E-state index contributed by atoms with van der Waals surface area (Å²) in [5.41, 5.74) is 1.49. The fraction of sp³-hybridized carbons (Fsp3) is 0.647. The normalized spacial score (nSPS) is 27.9. The van der Waals surface area contributed by atoms with Crippen LogP contribution in [0.3, 0.4) is 0 Å². The molecule has 1 saturated carbocycles. The Morgan fingerprint density at radius 2 is 2.12 bits per heavy atom. The molecule has 2 fully saturated rings. The smallest absolute Gasteiger partial charge is 0.161 e. The predicted octanol–water partition coefficient (Wildman–Crippen LogP) is 2.47. The highest BCUT2D eigenvalue weighted by atomic mass is 35.5. The quantitative estimate of drug-likeness (QED) is 0.720. The second kappa shape index (κ2) is 7.07. The van der Waals surface area contributed by atoms with Gasteiger partial charge in [0.1, 0.15) is 16.8 Å². The largest absolute Gasteiger partial charge is 0.394 e. The molecule has 1 aliphatic carbocycles. The van der Waals surface area contributed by atoms with Crippen molar-refractivity contribution in [1.82, 2.24) is 14.5 Å². The number of hydrogen-bond donors (Lipinski definition) is 3. The lowest BCUT2D eigenvalue weighted by atomic mass is 9.95. The molecular weight excluding hydrogens is 344 g/mol. The molecule has 2 aromatic heterocycles. The number of ether oxygens (including phenoxy) is 1. The fourth-order valence-electron chi connectivity index (χ4n) is 3.84. The van der Waals surface area contributed by atoms with Gasteiger partial charge in [-0.05, 0) is 12.8 Å². The van der Waals surface area contributed by atoms with Crippen LogP contribution in [-0.2, 0) is 4.74 Å². The molecule has 2 aliphatic rings. The average Bonchev–Trinajstić information content (AvgIpc) is 3.18. The SMILES string of the molecule is OCC1CC(O)C(n2cnc3c(NC4CCCCC4)nc(Cl)cc32)O1. The van der Waals surface area contributed by atoms with Crippen molar-refractivity contribution >= 4 is 28.5 Å². The number of aliphatic hydroxyl groups excluding tert-OH is 2. The van der Waals surface area contributed by atoms with Crippen LogP contribution in [0.2, 0.25) is 5.15 Å². The molecule has 2 aromatic rings. The van der Waals surface area contributed by atoms with Gasteiger partial charge in [-0.15, -0.1) is 0 Å². The first-order valence-corrected chi connectivity index (χ1v) is 9.27. The van der Waals surface area contributed by atoms with Gasteiger partial charge in [0.25, 0.3) is 0 Å². The molecule has 0 spiro atoms. The Labute approximate surface area is 151 Å². The number of hydrogen-bond acceptors (Lipinski definition) is 6. The summed E-state index contributed by atoms with van der Waals surface area (Å²) in [7, 11) is 0. The molecule has 3 unspecified atom stereocenters. The maximum absolute atomic E-state index is 10.3. The molecule has 0 amide bonds. The van der Waals surface area contributed by atoms with E-state index in [9.17, 15) is 10.2 Å². The molecule has 1 saturated heterocycles. The van der Waals surface area contributed by atoms with Gasteiger partial charge in [-0.1, -0.05) is 30.9 Å². The molecule has 0 aromatic carbocycles. The number of imidazole rings is 1. The van der Waals surface area contributed by atoms with Gasteiger partial charge in [0, 0.05) is 18.5 Å². The second-order valence-electron chi connectivity index (χ2n) is 6.93. The Morgan fingerprint density at radius 3 is 2.84 bits per heavy atom. The Kier molecular flexibility index (Phi) is 4.82. The van der Waals surface area contributed by atoms with Crippen LogP contribution in [0.1, 0.15) is 44.8 Å². The predicted molar refractivity (Wildman–Crippen MR) is 94.7 cm³/mol. The van der Waals surface area contributed by atoms with E-state index in [4.69, 9.17) is 16.3 Å². The Hall–Kier alpha value is -1.41. The Bertz CT molecular complexity index is 747. The number of fused-ring (bicyclic) bond motifs is 1. The van der Waals surface area contributed by atoms with Crippen LogP contribution in [0, 0.1) is 0 Å². The van der Waals surface area contributed by atoms with Crippen molar-refractivity contribution in [2.24, 2.45) is 0 Å².